The lowest BCUT2D eigenvalue weighted by Crippen LogP contribution is -2.61. The summed E-state index contributed by atoms with van der Waals surface area (Å²) in [4.78, 5) is 116. The number of benzene rings is 4. The molecule has 37 heteroatoms. The second kappa shape index (κ2) is 49.3. The Kier molecular flexibility index (Phi) is 37.8. The minimum atomic E-state index is -2.13. The van der Waals surface area contributed by atoms with Gasteiger partial charge in [-0.3, -0.25) is 24.0 Å². The lowest BCUT2D eigenvalue weighted by atomic mass is 9.81. The second-order valence-corrected chi connectivity index (χ2v) is 30.2. The minimum absolute atomic E-state index is 0.0381. The number of aryl methyl sites for hydroxylation is 1. The molecule has 6 aromatic rings. The summed E-state index contributed by atoms with van der Waals surface area (Å²) in [5.74, 6) is 0.890. The molecule has 1 saturated heterocycles. The van der Waals surface area contributed by atoms with E-state index < -0.39 is 115 Å². The molecule has 36 nitrogen and oxygen atoms in total. The van der Waals surface area contributed by atoms with E-state index in [0.29, 0.717) is 164 Å². The van der Waals surface area contributed by atoms with E-state index in [1.54, 1.807) is 25.9 Å². The Morgan fingerprint density at radius 3 is 1.84 bits per heavy atom. The van der Waals surface area contributed by atoms with Crippen molar-refractivity contribution < 1.29 is 139 Å². The molecule has 126 heavy (non-hydrogen) atoms. The van der Waals surface area contributed by atoms with Crippen LogP contribution in [-0.4, -0.2) is 279 Å². The highest BCUT2D eigenvalue weighted by Gasteiger charge is 2.49. The Hall–Kier alpha value is -10.1. The fraction of sp³-hybridized carbons (Fsp3) is 0.539. The number of aliphatic hydroxyl groups excluding tert-OH is 3. The number of carboxylic acid groups (broad SMARTS) is 1. The fourth-order valence-corrected chi connectivity index (χ4v) is 14.9. The molecule has 1 fully saturated rings. The van der Waals surface area contributed by atoms with Gasteiger partial charge in [-0.1, -0.05) is 55.2 Å². The zero-order chi connectivity index (χ0) is 89.3. The fourth-order valence-electron chi connectivity index (χ4n) is 14.9. The number of halogens is 1. The van der Waals surface area contributed by atoms with E-state index in [0.717, 1.165) is 11.1 Å². The molecule has 11 rings (SSSR count). The molecule has 0 radical (unpaired) electrons. The van der Waals surface area contributed by atoms with Crippen LogP contribution in [0.3, 0.4) is 0 Å². The third-order valence-corrected chi connectivity index (χ3v) is 21.7. The van der Waals surface area contributed by atoms with Crippen molar-refractivity contribution in [3.63, 3.8) is 0 Å². The SMILES string of the molecule is CCC1(O)C(=O)OCc2c1cc1n(c2=O)Cc2c-1nc1cc(F)c(C)c3c1c2C(NC(=O)OCc1ccc(OC2OC(C(=O)O)C(O)C(O)C2O)c(CNC(=O)C(CNC(=O)CCOCCOCCOCCOCCOCCOCCOCCOCCOCCOCCOCCOC)NC(=O)CCCCC(=O)N2Cc4ccccc4C#Cc4ccccc42)c1)CC3. The van der Waals surface area contributed by atoms with Crippen LogP contribution in [0.25, 0.3) is 22.3 Å². The standard InChI is InChI=1S/C89H112FN7O29/c1-4-89(110)65-48-71-78-63(53-97(71)84(105)64(65)55-123-87(89)108)77-67(21-20-62-56(2)66(90)49-68(94-78)76(62)77)95-88(109)124-54-57-17-22-72(125-86-81(103)79(101)80(102)82(126-86)85(106)107)61(47-57)50-92-83(104)69(93-74(99)15-9-10-16-75(100)96-52-60-13-6-5-11-58(60)18-19-59-12-7-8-14-70(59)96)51-91-73(98)23-24-112-27-28-114-31-32-116-35-36-118-39-40-120-43-44-122-46-45-121-42-41-119-38-37-117-34-33-115-30-29-113-26-25-111-3/h5-8,11-14,17,22,47-49,67,69,79-82,86,101-103,110H,4,9-10,15-16,20-21,23-46,50-55H2,1-3H3,(H,91,98)(H,92,104)(H,93,99)(H,95,109)(H,106,107). The first kappa shape index (κ1) is 96.6. The van der Waals surface area contributed by atoms with E-state index in [2.05, 4.69) is 33.1 Å². The van der Waals surface area contributed by atoms with Crippen molar-refractivity contribution in [1.29, 1.82) is 0 Å². The van der Waals surface area contributed by atoms with Crippen LogP contribution < -0.4 is 36.5 Å². The number of rotatable bonds is 54. The van der Waals surface area contributed by atoms with Crippen molar-refractivity contribution in [3.8, 4) is 29.0 Å². The number of pyridine rings is 2. The van der Waals surface area contributed by atoms with Gasteiger partial charge in [0.2, 0.25) is 29.9 Å². The van der Waals surface area contributed by atoms with Gasteiger partial charge in [0.25, 0.3) is 5.56 Å². The average molecular weight is 1760 g/mol. The molecule has 4 aliphatic heterocycles. The van der Waals surface area contributed by atoms with Gasteiger partial charge in [0.05, 0.1) is 199 Å². The van der Waals surface area contributed by atoms with Gasteiger partial charge >= 0.3 is 18.0 Å². The van der Waals surface area contributed by atoms with Crippen LogP contribution in [-0.2, 0) is 145 Å². The van der Waals surface area contributed by atoms with Crippen LogP contribution >= 0.6 is 0 Å². The Balaban J connectivity index is 0.657. The zero-order valence-corrected chi connectivity index (χ0v) is 71.0. The molecule has 8 atom stereocenters. The van der Waals surface area contributed by atoms with Crippen molar-refractivity contribution >= 4 is 58.3 Å². The molecular weight excluding hydrogens is 1650 g/mol. The summed E-state index contributed by atoms with van der Waals surface area (Å²) in [6.45, 7) is 10.5. The molecule has 4 aromatic carbocycles. The topological polar surface area (TPSA) is 455 Å². The van der Waals surface area contributed by atoms with Gasteiger partial charge in [-0.25, -0.2) is 23.8 Å². The number of alkyl carbamates (subject to hydrolysis) is 1. The lowest BCUT2D eigenvalue weighted by Gasteiger charge is -2.38. The smallest absolute Gasteiger partial charge is 0.407 e. The third kappa shape index (κ3) is 26.6. The maximum atomic E-state index is 15.8. The maximum Gasteiger partial charge on any atom is 0.407 e. The summed E-state index contributed by atoms with van der Waals surface area (Å²) in [6, 6.07) is 19.6. The number of aliphatic hydroxyl groups is 4. The normalized spacial score (nSPS) is 18.6. The van der Waals surface area contributed by atoms with E-state index >= 15 is 4.39 Å². The molecule has 9 N–H and O–H groups in total. The largest absolute Gasteiger partial charge is 0.479 e. The average Bonchev–Trinajstić information content (AvgIpc) is 1.59. The van der Waals surface area contributed by atoms with Crippen molar-refractivity contribution in [2.45, 2.75) is 146 Å². The molecule has 5 aliphatic rings. The van der Waals surface area contributed by atoms with E-state index in [-0.39, 0.29) is 148 Å². The van der Waals surface area contributed by atoms with Gasteiger partial charge in [0, 0.05) is 78.7 Å². The molecule has 5 amide bonds. The highest BCUT2D eigenvalue weighted by Crippen LogP contribution is 2.46. The van der Waals surface area contributed by atoms with Gasteiger partial charge in [0.1, 0.15) is 49.1 Å². The van der Waals surface area contributed by atoms with Crippen molar-refractivity contribution in [2.75, 3.05) is 171 Å². The number of ether oxygens (including phenoxy) is 16. The number of fused-ring (bicyclic) bond motifs is 7. The molecule has 0 saturated carbocycles. The van der Waals surface area contributed by atoms with E-state index in [9.17, 15) is 63.9 Å². The van der Waals surface area contributed by atoms with Gasteiger partial charge in [-0.15, -0.1) is 0 Å². The number of carboxylic acids is 1. The number of unbranched alkanes of at least 4 members (excludes halogenated alkanes) is 1. The van der Waals surface area contributed by atoms with E-state index in [1.807, 2.05) is 48.5 Å². The Bertz CT molecular complexity index is 4810. The zero-order valence-electron chi connectivity index (χ0n) is 71.0. The molecule has 8 unspecified atom stereocenters. The maximum absolute atomic E-state index is 15.8. The number of anilines is 1. The number of methoxy groups -OCH3 is 1. The number of carbonyl (C=O) groups excluding carboxylic acids is 6. The summed E-state index contributed by atoms with van der Waals surface area (Å²) >= 11 is 0. The van der Waals surface area contributed by atoms with Crippen molar-refractivity contribution in [2.24, 2.45) is 0 Å². The van der Waals surface area contributed by atoms with E-state index in [1.165, 1.54) is 34.9 Å². The number of hydrogen-bond acceptors (Lipinski definition) is 29. The number of aliphatic carboxylic acids is 1. The highest BCUT2D eigenvalue weighted by molar-refractivity contribution is 5.96. The second-order valence-electron chi connectivity index (χ2n) is 30.2. The van der Waals surface area contributed by atoms with Crippen molar-refractivity contribution in [3.05, 3.63) is 156 Å². The molecule has 0 spiro atoms. The quantitative estimate of drug-likeness (QED) is 0.0149. The van der Waals surface area contributed by atoms with Crippen molar-refractivity contribution in [1.82, 2.24) is 30.8 Å². The van der Waals surface area contributed by atoms with Gasteiger partial charge in [0.15, 0.2) is 11.7 Å². The van der Waals surface area contributed by atoms with Crippen LogP contribution in [0.1, 0.15) is 119 Å². The monoisotopic (exact) mass is 1760 g/mol. The third-order valence-electron chi connectivity index (χ3n) is 21.7. The summed E-state index contributed by atoms with van der Waals surface area (Å²) in [6.07, 6.45) is -10.4. The first-order valence-electron chi connectivity index (χ1n) is 42.3. The van der Waals surface area contributed by atoms with E-state index in [4.69, 9.17) is 80.8 Å². The lowest BCUT2D eigenvalue weighted by molar-refractivity contribution is -0.271. The van der Waals surface area contributed by atoms with Crippen LogP contribution in [0.4, 0.5) is 14.9 Å². The van der Waals surface area contributed by atoms with Crippen LogP contribution in [0, 0.1) is 24.6 Å². The van der Waals surface area contributed by atoms with Crippen LogP contribution in [0.15, 0.2) is 83.7 Å². The van der Waals surface area contributed by atoms with Gasteiger partial charge in [-0.05, 0) is 103 Å². The Morgan fingerprint density at radius 1 is 0.651 bits per heavy atom. The number of esters is 1. The minimum Gasteiger partial charge on any atom is -0.479 e. The molecule has 6 heterocycles. The van der Waals surface area contributed by atoms with Crippen LogP contribution in [0.2, 0.25) is 0 Å². The summed E-state index contributed by atoms with van der Waals surface area (Å²) < 4.78 is 106. The number of para-hydroxylation sites is 1. The predicted octanol–water partition coefficient (Wildman–Crippen LogP) is 3.66. The number of amides is 5. The summed E-state index contributed by atoms with van der Waals surface area (Å²) in [5, 5.41) is 65.5. The van der Waals surface area contributed by atoms with Gasteiger partial charge in [-0.2, -0.15) is 0 Å². The number of aromatic nitrogens is 2. The molecule has 2 aromatic heterocycles. The first-order chi connectivity index (χ1) is 61.2. The number of nitrogens with one attached hydrogen (secondary N) is 4. The Labute approximate surface area is 727 Å². The number of nitrogens with zero attached hydrogens (tertiary/aromatic N) is 3. The number of carbonyl (C=O) groups is 7. The highest BCUT2D eigenvalue weighted by atomic mass is 19.1. The first-order valence-corrected chi connectivity index (χ1v) is 42.3. The molecule has 0 bridgehead atoms. The molecular formula is C89H112FN7O29. The summed E-state index contributed by atoms with van der Waals surface area (Å²) in [5.41, 5.74) is 3.69. The van der Waals surface area contributed by atoms with Gasteiger partial charge < -0.3 is 132 Å². The number of hydrogen-bond donors (Lipinski definition) is 9. The number of cyclic esters (lactones) is 1. The Morgan fingerprint density at radius 2 is 1.23 bits per heavy atom. The molecule has 684 valence electrons. The van der Waals surface area contributed by atoms with Crippen LogP contribution in [0.5, 0.6) is 5.75 Å². The molecule has 1 aliphatic carbocycles. The predicted molar refractivity (Wildman–Crippen MR) is 446 cm³/mol. The summed E-state index contributed by atoms with van der Waals surface area (Å²) in [7, 11) is 1.62.